The molecule has 1 aromatic heterocycles. The van der Waals surface area contributed by atoms with Crippen LogP contribution in [0.3, 0.4) is 0 Å². The van der Waals surface area contributed by atoms with Crippen LogP contribution in [0, 0.1) is 6.92 Å². The number of ether oxygens (including phenoxy) is 1. The lowest BCUT2D eigenvalue weighted by atomic mass is 10.1. The van der Waals surface area contributed by atoms with Gasteiger partial charge in [-0.05, 0) is 37.1 Å². The molecule has 0 saturated carbocycles. The number of nitrogens with one attached hydrogen (secondary N) is 1. The van der Waals surface area contributed by atoms with Gasteiger partial charge in [-0.2, -0.15) is 5.10 Å². The summed E-state index contributed by atoms with van der Waals surface area (Å²) in [5, 5.41) is 17.5. The summed E-state index contributed by atoms with van der Waals surface area (Å²) in [7, 11) is 0. The maximum Gasteiger partial charge on any atom is 0.573 e. The Hall–Kier alpha value is -2.06. The molecule has 5 nitrogen and oxygen atoms in total. The summed E-state index contributed by atoms with van der Waals surface area (Å²) in [6, 6.07) is 5.26. The van der Waals surface area contributed by atoms with Gasteiger partial charge in [-0.25, -0.2) is 0 Å². The van der Waals surface area contributed by atoms with E-state index in [0.29, 0.717) is 12.1 Å². The highest BCUT2D eigenvalue weighted by molar-refractivity contribution is 5.28. The second-order valence-electron chi connectivity index (χ2n) is 5.68. The third-order valence-electron chi connectivity index (χ3n) is 3.38. The second kappa shape index (κ2) is 7.67. The van der Waals surface area contributed by atoms with Gasteiger partial charge in [0.15, 0.2) is 0 Å². The second-order valence-corrected chi connectivity index (χ2v) is 5.68. The fourth-order valence-corrected chi connectivity index (χ4v) is 2.23. The van der Waals surface area contributed by atoms with Crippen molar-refractivity contribution < 1.29 is 23.0 Å². The van der Waals surface area contributed by atoms with Crippen molar-refractivity contribution in [1.82, 2.24) is 15.1 Å². The number of aliphatic hydroxyl groups is 1. The van der Waals surface area contributed by atoms with Crippen molar-refractivity contribution in [2.75, 3.05) is 6.54 Å². The molecule has 1 heterocycles. The van der Waals surface area contributed by atoms with Crippen molar-refractivity contribution in [2.45, 2.75) is 38.9 Å². The molecule has 2 atom stereocenters. The highest BCUT2D eigenvalue weighted by Crippen LogP contribution is 2.24. The highest BCUT2D eigenvalue weighted by Gasteiger charge is 2.31. The molecule has 132 valence electrons. The third-order valence-corrected chi connectivity index (χ3v) is 3.38. The smallest absolute Gasteiger partial charge is 0.406 e. The Kier molecular flexibility index (Phi) is 5.84. The lowest BCUT2D eigenvalue weighted by Crippen LogP contribution is -2.33. The van der Waals surface area contributed by atoms with Crippen molar-refractivity contribution in [3.8, 4) is 5.75 Å². The molecule has 0 fully saturated rings. The first-order valence-corrected chi connectivity index (χ1v) is 7.49. The number of aliphatic hydroxyl groups excluding tert-OH is 1. The summed E-state index contributed by atoms with van der Waals surface area (Å²) < 4.78 is 41.9. The fraction of sp³-hybridized carbons (Fsp3) is 0.438. The maximum atomic E-state index is 12.1. The molecule has 0 aliphatic carbocycles. The lowest BCUT2D eigenvalue weighted by Gasteiger charge is -2.18. The molecule has 1 aromatic carbocycles. The Labute approximate surface area is 138 Å². The van der Waals surface area contributed by atoms with Gasteiger partial charge in [0.05, 0.1) is 18.8 Å². The molecule has 8 heteroatoms. The minimum absolute atomic E-state index is 0.0757. The van der Waals surface area contributed by atoms with E-state index < -0.39 is 12.5 Å². The van der Waals surface area contributed by atoms with E-state index in [1.807, 2.05) is 24.7 Å². The molecule has 0 bridgehead atoms. The van der Waals surface area contributed by atoms with E-state index >= 15 is 0 Å². The van der Waals surface area contributed by atoms with Gasteiger partial charge >= 0.3 is 6.36 Å². The van der Waals surface area contributed by atoms with Crippen LogP contribution < -0.4 is 10.1 Å². The highest BCUT2D eigenvalue weighted by atomic mass is 19.4. The van der Waals surface area contributed by atoms with E-state index in [2.05, 4.69) is 15.2 Å². The van der Waals surface area contributed by atoms with E-state index in [1.54, 1.807) is 6.20 Å². The number of aryl methyl sites for hydroxylation is 1. The van der Waals surface area contributed by atoms with E-state index in [4.69, 9.17) is 0 Å². The predicted octanol–water partition coefficient (Wildman–Crippen LogP) is 2.80. The van der Waals surface area contributed by atoms with E-state index in [-0.39, 0.29) is 18.3 Å². The average Bonchev–Trinajstić information content (AvgIpc) is 2.89. The Morgan fingerprint density at radius 2 is 1.96 bits per heavy atom. The molecule has 0 aliphatic heterocycles. The first-order valence-electron chi connectivity index (χ1n) is 7.49. The normalized spacial score (nSPS) is 14.4. The average molecular weight is 343 g/mol. The molecule has 2 N–H and O–H groups in total. The molecule has 0 aliphatic rings. The SMILES string of the molecule is Cc1cnn(C[C@H](C)NC[C@@H](O)c2ccc(OC(F)(F)F)cc2)c1. The molecule has 0 radical (unpaired) electrons. The molecular formula is C16H20F3N3O2. The van der Waals surface area contributed by atoms with Crippen LogP contribution in [0.1, 0.15) is 24.2 Å². The zero-order valence-corrected chi connectivity index (χ0v) is 13.4. The van der Waals surface area contributed by atoms with Gasteiger partial charge < -0.3 is 15.2 Å². The van der Waals surface area contributed by atoms with Crippen LogP contribution >= 0.6 is 0 Å². The molecule has 0 spiro atoms. The maximum absolute atomic E-state index is 12.1. The van der Waals surface area contributed by atoms with Crippen molar-refractivity contribution >= 4 is 0 Å². The quantitative estimate of drug-likeness (QED) is 0.812. The van der Waals surface area contributed by atoms with Crippen LogP contribution in [0.5, 0.6) is 5.75 Å². The molecule has 24 heavy (non-hydrogen) atoms. The van der Waals surface area contributed by atoms with Crippen LogP contribution in [-0.2, 0) is 6.54 Å². The van der Waals surface area contributed by atoms with Gasteiger partial charge in [0, 0.05) is 18.8 Å². The van der Waals surface area contributed by atoms with E-state index in [1.165, 1.54) is 24.3 Å². The molecule has 0 amide bonds. The number of aromatic nitrogens is 2. The number of hydrogen-bond acceptors (Lipinski definition) is 4. The van der Waals surface area contributed by atoms with Crippen LogP contribution in [-0.4, -0.2) is 33.8 Å². The number of benzene rings is 1. The summed E-state index contributed by atoms with van der Waals surface area (Å²) in [4.78, 5) is 0. The fourth-order valence-electron chi connectivity index (χ4n) is 2.23. The summed E-state index contributed by atoms with van der Waals surface area (Å²) >= 11 is 0. The van der Waals surface area contributed by atoms with Crippen LogP contribution in [0.4, 0.5) is 13.2 Å². The third kappa shape index (κ3) is 5.86. The summed E-state index contributed by atoms with van der Waals surface area (Å²) in [6.45, 7) is 4.85. The monoisotopic (exact) mass is 343 g/mol. The molecule has 2 aromatic rings. The molecule has 2 rings (SSSR count). The van der Waals surface area contributed by atoms with Gasteiger partial charge in [0.1, 0.15) is 5.75 Å². The standard InChI is InChI=1S/C16H20F3N3O2/c1-11-7-21-22(9-11)10-12(2)20-8-15(23)13-3-5-14(6-4-13)24-16(17,18)19/h3-7,9,12,15,20,23H,8,10H2,1-2H3/t12-,15+/m0/s1. The first-order chi connectivity index (χ1) is 11.2. The van der Waals surface area contributed by atoms with Crippen molar-refractivity contribution in [3.05, 3.63) is 47.8 Å². The Morgan fingerprint density at radius 3 is 2.50 bits per heavy atom. The van der Waals surface area contributed by atoms with E-state index in [9.17, 15) is 18.3 Å². The molecular weight excluding hydrogens is 323 g/mol. The van der Waals surface area contributed by atoms with Gasteiger partial charge in [0.2, 0.25) is 0 Å². The molecule has 0 saturated heterocycles. The number of halogens is 3. The summed E-state index contributed by atoms with van der Waals surface area (Å²) in [5.41, 5.74) is 1.59. The van der Waals surface area contributed by atoms with Gasteiger partial charge in [-0.1, -0.05) is 12.1 Å². The minimum Gasteiger partial charge on any atom is -0.406 e. The van der Waals surface area contributed by atoms with E-state index in [0.717, 1.165) is 5.56 Å². The minimum atomic E-state index is -4.72. The van der Waals surface area contributed by atoms with Gasteiger partial charge in [-0.15, -0.1) is 13.2 Å². The van der Waals surface area contributed by atoms with Gasteiger partial charge in [0.25, 0.3) is 0 Å². The topological polar surface area (TPSA) is 59.3 Å². The summed E-state index contributed by atoms with van der Waals surface area (Å²) in [6.07, 6.45) is -1.85. The number of rotatable bonds is 7. The summed E-state index contributed by atoms with van der Waals surface area (Å²) in [5.74, 6) is -0.311. The van der Waals surface area contributed by atoms with Crippen LogP contribution in [0.15, 0.2) is 36.7 Å². The van der Waals surface area contributed by atoms with Crippen LogP contribution in [0.25, 0.3) is 0 Å². The van der Waals surface area contributed by atoms with Crippen molar-refractivity contribution in [1.29, 1.82) is 0 Å². The number of nitrogens with zero attached hydrogens (tertiary/aromatic N) is 2. The number of alkyl halides is 3. The lowest BCUT2D eigenvalue weighted by molar-refractivity contribution is -0.274. The Morgan fingerprint density at radius 1 is 1.29 bits per heavy atom. The Bertz CT molecular complexity index is 641. The van der Waals surface area contributed by atoms with Crippen molar-refractivity contribution in [3.63, 3.8) is 0 Å². The van der Waals surface area contributed by atoms with Gasteiger partial charge in [-0.3, -0.25) is 4.68 Å². The zero-order chi connectivity index (χ0) is 17.7. The first kappa shape index (κ1) is 18.3. The largest absolute Gasteiger partial charge is 0.573 e. The van der Waals surface area contributed by atoms with Crippen LogP contribution in [0.2, 0.25) is 0 Å². The molecule has 0 unspecified atom stereocenters. The number of hydrogen-bond donors (Lipinski definition) is 2. The Balaban J connectivity index is 1.82. The zero-order valence-electron chi connectivity index (χ0n) is 13.4. The predicted molar refractivity (Wildman–Crippen MR) is 82.5 cm³/mol. The van der Waals surface area contributed by atoms with Crippen molar-refractivity contribution in [2.24, 2.45) is 0 Å².